The Bertz CT molecular complexity index is 8570. The van der Waals surface area contributed by atoms with Gasteiger partial charge in [0.05, 0.1) is 0 Å². The third-order valence-corrected chi connectivity index (χ3v) is 27.7. The summed E-state index contributed by atoms with van der Waals surface area (Å²) in [5.74, 6) is 0. The Hall–Kier alpha value is -15.4. The Kier molecular flexibility index (Phi) is 17.4. The minimum atomic E-state index is 0.914. The summed E-state index contributed by atoms with van der Waals surface area (Å²) in [6, 6.07) is 164. The first kappa shape index (κ1) is 71.7. The number of benzene rings is 23. The average Bonchev–Trinajstić information content (AvgIpc) is 1.71. The standard InChI is InChI=1S/C42H26O.C42H26S.C36H22S/c1-2-12-28(13-3-1)40-34-17-6-8-19-36(34)41(37-20-9-7-18-35(37)40)31-15-10-14-29(25-31)30-22-23-33-38-24-21-27-11-4-5-16-32(27)42(38)43-39(33)26-30;1-2-11-27(12-3-1)41-33-17-6-8-19-35(33)42(36-20-9-7-18-34(36)41)32-16-10-15-28(23-32)31-21-22-39-37(25-31)38-24-29-13-4-5-14-30(29)26-40(38)43-39;1-2-11-24(12-3-1)34-27-14-6-8-16-29(27)35(30-17-9-7-15-28(30)34)25-19-21-33-32(22-25)31-20-18-23-10-4-5-13-26(23)36(31)37-33/h2*1-26H;1-22H. The van der Waals surface area contributed by atoms with Crippen molar-refractivity contribution in [1.29, 1.82) is 0 Å². The quantitative estimate of drug-likeness (QED) is 0.138. The molecule has 0 unspecified atom stereocenters. The maximum absolute atomic E-state index is 6.51. The van der Waals surface area contributed by atoms with Crippen LogP contribution in [0.1, 0.15) is 0 Å². The normalized spacial score (nSPS) is 11.7. The molecule has 0 aliphatic heterocycles. The molecule has 0 spiro atoms. The Morgan fingerprint density at radius 3 is 0.894 bits per heavy atom. The van der Waals surface area contributed by atoms with E-state index in [0.29, 0.717) is 0 Å². The van der Waals surface area contributed by atoms with Gasteiger partial charge in [0, 0.05) is 56.5 Å². The van der Waals surface area contributed by atoms with E-state index in [1.54, 1.807) is 0 Å². The third kappa shape index (κ3) is 12.3. The zero-order valence-corrected chi connectivity index (χ0v) is 68.6. The summed E-state index contributed by atoms with van der Waals surface area (Å²) in [5, 5.41) is 30.6. The van der Waals surface area contributed by atoms with Gasteiger partial charge in [0.1, 0.15) is 11.2 Å². The number of hydrogen-bond acceptors (Lipinski definition) is 3. The monoisotopic (exact) mass is 1590 g/mol. The molecule has 0 bridgehead atoms. The summed E-state index contributed by atoms with van der Waals surface area (Å²) >= 11 is 3.78. The molecule has 0 N–H and O–H groups in total. The van der Waals surface area contributed by atoms with Crippen molar-refractivity contribution >= 4 is 182 Å². The Labute approximate surface area is 718 Å². The summed E-state index contributed by atoms with van der Waals surface area (Å²) in [6.07, 6.45) is 0. The van der Waals surface area contributed by atoms with E-state index in [4.69, 9.17) is 4.42 Å². The molecule has 0 amide bonds. The highest BCUT2D eigenvalue weighted by molar-refractivity contribution is 7.27. The van der Waals surface area contributed by atoms with Crippen LogP contribution in [0, 0.1) is 0 Å². The Morgan fingerprint density at radius 1 is 0.138 bits per heavy atom. The maximum Gasteiger partial charge on any atom is 0.143 e. The van der Waals surface area contributed by atoms with E-state index in [0.717, 1.165) is 32.9 Å². The van der Waals surface area contributed by atoms with Crippen molar-refractivity contribution in [2.24, 2.45) is 0 Å². The van der Waals surface area contributed by atoms with Crippen LogP contribution in [0.15, 0.2) is 453 Å². The molecule has 23 aromatic carbocycles. The van der Waals surface area contributed by atoms with Crippen molar-refractivity contribution in [1.82, 2.24) is 0 Å². The van der Waals surface area contributed by atoms with Crippen molar-refractivity contribution < 1.29 is 4.42 Å². The third-order valence-electron chi connectivity index (χ3n) is 25.3. The van der Waals surface area contributed by atoms with Gasteiger partial charge in [-0.15, -0.1) is 22.7 Å². The minimum Gasteiger partial charge on any atom is -0.455 e. The summed E-state index contributed by atoms with van der Waals surface area (Å²) in [5.41, 5.74) is 21.9. The van der Waals surface area contributed by atoms with Crippen LogP contribution in [0.4, 0.5) is 0 Å². The number of hydrogen-bond donors (Lipinski definition) is 0. The predicted octanol–water partition coefficient (Wildman–Crippen LogP) is 35.4. The second-order valence-corrected chi connectivity index (χ2v) is 34.4. The molecule has 0 atom stereocenters. The number of thiophene rings is 2. The molecule has 3 heteroatoms. The lowest BCUT2D eigenvalue weighted by Crippen LogP contribution is -1.91. The van der Waals surface area contributed by atoms with Gasteiger partial charge in [0.2, 0.25) is 0 Å². The van der Waals surface area contributed by atoms with Gasteiger partial charge in [-0.2, -0.15) is 0 Å². The molecule has 0 aliphatic rings. The van der Waals surface area contributed by atoms with Crippen molar-refractivity contribution in [3.05, 3.63) is 449 Å². The highest BCUT2D eigenvalue weighted by Gasteiger charge is 2.23. The van der Waals surface area contributed by atoms with Crippen LogP contribution in [-0.2, 0) is 0 Å². The SMILES string of the molecule is c1ccc(-c2c3ccccc3c(-c3ccc4sc5c6ccccc6ccc5c4c3)c3ccccc23)cc1.c1ccc(-c2c3ccccc3c(-c3cccc(-c4ccc5c(c4)oc4c6ccccc6ccc54)c3)c3ccccc23)cc1.c1ccc(-c2c3ccccc3c(-c3cccc(-c4ccc5sc6cc7ccccc7cc6c5c4)c3)c3ccccc23)cc1. The molecular weight excluding hydrogens is 1520 g/mol. The van der Waals surface area contributed by atoms with Gasteiger partial charge in [0.15, 0.2) is 0 Å². The first-order chi connectivity index (χ1) is 61.0. The van der Waals surface area contributed by atoms with Crippen molar-refractivity contribution in [2.75, 3.05) is 0 Å². The van der Waals surface area contributed by atoms with Gasteiger partial charge in [-0.1, -0.05) is 382 Å². The van der Waals surface area contributed by atoms with Gasteiger partial charge >= 0.3 is 0 Å². The Balaban J connectivity index is 0.000000104. The van der Waals surface area contributed by atoms with Gasteiger partial charge in [-0.3, -0.25) is 0 Å². The van der Waals surface area contributed by atoms with Crippen molar-refractivity contribution in [3.63, 3.8) is 0 Å². The Morgan fingerprint density at radius 2 is 0.431 bits per heavy atom. The first-order valence-corrected chi connectivity index (χ1v) is 43.9. The molecule has 0 radical (unpaired) electrons. The van der Waals surface area contributed by atoms with Crippen LogP contribution in [0.2, 0.25) is 0 Å². The van der Waals surface area contributed by atoms with E-state index < -0.39 is 0 Å². The average molecular weight is 1600 g/mol. The molecule has 26 aromatic rings. The predicted molar refractivity (Wildman–Crippen MR) is 533 cm³/mol. The van der Waals surface area contributed by atoms with Crippen LogP contribution in [0.3, 0.4) is 0 Å². The zero-order chi connectivity index (χ0) is 81.0. The number of furan rings is 1. The zero-order valence-electron chi connectivity index (χ0n) is 66.9. The van der Waals surface area contributed by atoms with Crippen LogP contribution in [0.5, 0.6) is 0 Å². The second-order valence-electron chi connectivity index (χ2n) is 32.2. The molecule has 0 aliphatic carbocycles. The first-order valence-electron chi connectivity index (χ1n) is 42.2. The van der Waals surface area contributed by atoms with Gasteiger partial charge in [0.25, 0.3) is 0 Å². The van der Waals surface area contributed by atoms with Gasteiger partial charge in [-0.05, 0) is 247 Å². The molecule has 1 nitrogen and oxygen atoms in total. The largest absolute Gasteiger partial charge is 0.455 e. The van der Waals surface area contributed by atoms with E-state index in [-0.39, 0.29) is 0 Å². The summed E-state index contributed by atoms with van der Waals surface area (Å²) in [6.45, 7) is 0. The fourth-order valence-electron chi connectivity index (χ4n) is 19.8. The molecule has 0 saturated carbocycles. The summed E-state index contributed by atoms with van der Waals surface area (Å²) in [7, 11) is 0. The van der Waals surface area contributed by atoms with Crippen LogP contribution in [0.25, 0.3) is 248 Å². The maximum atomic E-state index is 6.51. The lowest BCUT2D eigenvalue weighted by molar-refractivity contribution is 0.673. The van der Waals surface area contributed by atoms with Crippen LogP contribution < -0.4 is 0 Å². The van der Waals surface area contributed by atoms with Crippen LogP contribution >= 0.6 is 22.7 Å². The summed E-state index contributed by atoms with van der Waals surface area (Å²) < 4.78 is 11.9. The molecule has 572 valence electrons. The second kappa shape index (κ2) is 29.9. The van der Waals surface area contributed by atoms with Crippen molar-refractivity contribution in [2.45, 2.75) is 0 Å². The molecule has 123 heavy (non-hydrogen) atoms. The van der Waals surface area contributed by atoms with E-state index in [1.165, 1.54) is 215 Å². The fourth-order valence-corrected chi connectivity index (χ4v) is 22.1. The number of rotatable bonds is 8. The van der Waals surface area contributed by atoms with E-state index in [1.807, 2.05) is 22.7 Å². The highest BCUT2D eigenvalue weighted by Crippen LogP contribution is 2.51. The van der Waals surface area contributed by atoms with Crippen molar-refractivity contribution in [3.8, 4) is 89.0 Å². The molecule has 3 aromatic heterocycles. The highest BCUT2D eigenvalue weighted by atomic mass is 32.1. The lowest BCUT2D eigenvalue weighted by Gasteiger charge is -2.18. The van der Waals surface area contributed by atoms with E-state index >= 15 is 0 Å². The molecular formula is C120H74OS2. The van der Waals surface area contributed by atoms with Crippen LogP contribution in [-0.4, -0.2) is 0 Å². The number of fused-ring (bicyclic) bond motifs is 20. The van der Waals surface area contributed by atoms with Gasteiger partial charge < -0.3 is 4.42 Å². The van der Waals surface area contributed by atoms with E-state index in [9.17, 15) is 0 Å². The minimum absolute atomic E-state index is 0.914. The smallest absolute Gasteiger partial charge is 0.143 e. The summed E-state index contributed by atoms with van der Waals surface area (Å²) in [4.78, 5) is 0. The molecule has 0 saturated heterocycles. The van der Waals surface area contributed by atoms with E-state index in [2.05, 4.69) is 449 Å². The van der Waals surface area contributed by atoms with Gasteiger partial charge in [-0.25, -0.2) is 0 Å². The molecule has 3 heterocycles. The lowest BCUT2D eigenvalue weighted by atomic mass is 9.85. The topological polar surface area (TPSA) is 13.1 Å². The molecule has 0 fully saturated rings. The fraction of sp³-hybridized carbons (Fsp3) is 0. The molecule has 26 rings (SSSR count).